The molecule has 0 bridgehead atoms. The van der Waals surface area contributed by atoms with Gasteiger partial charge < -0.3 is 4.74 Å². The highest BCUT2D eigenvalue weighted by Crippen LogP contribution is 2.39. The van der Waals surface area contributed by atoms with Crippen LogP contribution < -0.4 is 9.04 Å². The lowest BCUT2D eigenvalue weighted by Crippen LogP contribution is -2.26. The summed E-state index contributed by atoms with van der Waals surface area (Å²) in [5.41, 5.74) is 0.384. The van der Waals surface area contributed by atoms with E-state index in [2.05, 4.69) is 15.2 Å². The van der Waals surface area contributed by atoms with Crippen molar-refractivity contribution in [1.29, 1.82) is 5.26 Å². The van der Waals surface area contributed by atoms with Crippen LogP contribution in [0.15, 0.2) is 77.4 Å². The van der Waals surface area contributed by atoms with Gasteiger partial charge >= 0.3 is 0 Å². The normalized spacial score (nSPS) is 11.0. The molecule has 0 radical (unpaired) electrons. The Bertz CT molecular complexity index is 1210. The van der Waals surface area contributed by atoms with Crippen molar-refractivity contribution >= 4 is 32.2 Å². The van der Waals surface area contributed by atoms with Crippen LogP contribution in [0.2, 0.25) is 0 Å². The summed E-state index contributed by atoms with van der Waals surface area (Å²) >= 11 is 1.16. The molecule has 0 fully saturated rings. The number of nitrogens with one attached hydrogen (secondary N) is 1. The van der Waals surface area contributed by atoms with Crippen LogP contribution in [0.4, 0.5) is 10.8 Å². The molecule has 1 N–H and O–H groups in total. The summed E-state index contributed by atoms with van der Waals surface area (Å²) in [6, 6.07) is 15.1. The Kier molecular flexibility index (Phi) is 4.99. The fourth-order valence-corrected chi connectivity index (χ4v) is 5.09. The van der Waals surface area contributed by atoms with Gasteiger partial charge in [0.1, 0.15) is 16.7 Å². The molecule has 2 aromatic carbocycles. The predicted octanol–water partition coefficient (Wildman–Crippen LogP) is 4.06. The van der Waals surface area contributed by atoms with Crippen LogP contribution in [-0.4, -0.2) is 23.6 Å². The van der Waals surface area contributed by atoms with Crippen LogP contribution in [0, 0.1) is 11.3 Å². The van der Waals surface area contributed by atoms with Crippen LogP contribution in [0.3, 0.4) is 0 Å². The second-order valence-corrected chi connectivity index (χ2v) is 8.33. The molecule has 2 aromatic heterocycles. The number of sulfonamides is 1. The molecule has 0 spiro atoms. The second-order valence-electron chi connectivity index (χ2n) is 5.70. The number of para-hydroxylation sites is 2. The highest BCUT2D eigenvalue weighted by atomic mass is 32.2. The molecule has 2 heterocycles. The zero-order chi connectivity index (χ0) is 20.3. The molecule has 0 saturated heterocycles. The number of anilines is 2. The summed E-state index contributed by atoms with van der Waals surface area (Å²) in [6.45, 7) is 0. The molecule has 10 heteroatoms. The first kappa shape index (κ1) is 18.7. The van der Waals surface area contributed by atoms with Crippen LogP contribution in [0.5, 0.6) is 11.5 Å². The number of H-pyrrole nitrogens is 1. The van der Waals surface area contributed by atoms with Crippen molar-refractivity contribution in [3.63, 3.8) is 0 Å². The molecule has 4 aromatic rings. The third kappa shape index (κ3) is 3.56. The zero-order valence-corrected chi connectivity index (χ0v) is 16.4. The van der Waals surface area contributed by atoms with Crippen molar-refractivity contribution in [2.75, 3.05) is 4.31 Å². The van der Waals surface area contributed by atoms with Crippen molar-refractivity contribution in [3.05, 3.63) is 78.1 Å². The number of benzene rings is 2. The maximum atomic E-state index is 13.7. The van der Waals surface area contributed by atoms with E-state index in [9.17, 15) is 13.7 Å². The summed E-state index contributed by atoms with van der Waals surface area (Å²) in [5, 5.41) is 17.9. The minimum absolute atomic E-state index is 0.0498. The molecule has 0 aliphatic carbocycles. The third-order valence-electron chi connectivity index (χ3n) is 3.89. The average Bonchev–Trinajstić information content (AvgIpc) is 3.44. The molecule has 0 amide bonds. The second kappa shape index (κ2) is 7.75. The Balaban J connectivity index is 1.90. The van der Waals surface area contributed by atoms with Gasteiger partial charge in [0.25, 0.3) is 10.0 Å². The Hall–Kier alpha value is -3.68. The summed E-state index contributed by atoms with van der Waals surface area (Å²) < 4.78 is 34.2. The van der Waals surface area contributed by atoms with Gasteiger partial charge in [-0.1, -0.05) is 24.3 Å². The fourth-order valence-electron chi connectivity index (χ4n) is 2.64. The van der Waals surface area contributed by atoms with Gasteiger partial charge in [0.15, 0.2) is 5.75 Å². The van der Waals surface area contributed by atoms with Crippen molar-refractivity contribution in [1.82, 2.24) is 15.2 Å². The molecule has 0 aliphatic rings. The highest BCUT2D eigenvalue weighted by Gasteiger charge is 2.33. The van der Waals surface area contributed by atoms with E-state index in [0.29, 0.717) is 5.75 Å². The lowest BCUT2D eigenvalue weighted by atomic mass is 10.2. The highest BCUT2D eigenvalue weighted by molar-refractivity contribution is 7.93. The molecule has 8 nitrogen and oxygen atoms in total. The number of nitrogens with zero attached hydrogens (tertiary/aromatic N) is 4. The van der Waals surface area contributed by atoms with Gasteiger partial charge in [-0.15, -0.1) is 11.3 Å². The minimum atomic E-state index is -4.19. The molecule has 0 unspecified atom stereocenters. The first-order chi connectivity index (χ1) is 14.1. The van der Waals surface area contributed by atoms with Gasteiger partial charge in [-0.05, 0) is 24.3 Å². The number of aromatic amines is 1. The van der Waals surface area contributed by atoms with Crippen LogP contribution >= 0.6 is 11.3 Å². The lowest BCUT2D eigenvalue weighted by molar-refractivity contribution is 0.466. The average molecular weight is 423 g/mol. The number of nitriles is 1. The first-order valence-electron chi connectivity index (χ1n) is 8.31. The number of thiazole rings is 1. The van der Waals surface area contributed by atoms with E-state index in [1.165, 1.54) is 36.8 Å². The molecular weight excluding hydrogens is 410 g/mol. The molecule has 0 saturated carbocycles. The standard InChI is InChI=1S/C19H13N5O3S2/c20-11-14-5-4-8-17(18(14)27-16-6-2-1-3-7-16)29(25,26)24(15-12-22-23-13-15)19-21-9-10-28-19/h1-10,12-13H,(H,22,23). The van der Waals surface area contributed by atoms with Gasteiger partial charge in [-0.25, -0.2) is 17.7 Å². The molecule has 4 rings (SSSR count). The van der Waals surface area contributed by atoms with Crippen LogP contribution in [-0.2, 0) is 10.0 Å². The van der Waals surface area contributed by atoms with Crippen molar-refractivity contribution in [2.45, 2.75) is 4.90 Å². The number of aromatic nitrogens is 3. The van der Waals surface area contributed by atoms with Crippen molar-refractivity contribution < 1.29 is 13.2 Å². The number of hydrogen-bond donors (Lipinski definition) is 1. The predicted molar refractivity (Wildman–Crippen MR) is 108 cm³/mol. The first-order valence-corrected chi connectivity index (χ1v) is 10.6. The Morgan fingerprint density at radius 2 is 1.97 bits per heavy atom. The van der Waals surface area contributed by atoms with E-state index >= 15 is 0 Å². The zero-order valence-electron chi connectivity index (χ0n) is 14.8. The van der Waals surface area contributed by atoms with E-state index in [4.69, 9.17) is 4.74 Å². The molecule has 0 atom stereocenters. The van der Waals surface area contributed by atoms with Gasteiger partial charge in [0.2, 0.25) is 5.13 Å². The lowest BCUT2D eigenvalue weighted by Gasteiger charge is -2.22. The largest absolute Gasteiger partial charge is 0.455 e. The van der Waals surface area contributed by atoms with Gasteiger partial charge in [0, 0.05) is 17.8 Å². The van der Waals surface area contributed by atoms with Gasteiger partial charge in [0.05, 0.1) is 17.4 Å². The maximum Gasteiger partial charge on any atom is 0.274 e. The van der Waals surface area contributed by atoms with Gasteiger partial charge in [-0.2, -0.15) is 10.4 Å². The summed E-state index contributed by atoms with van der Waals surface area (Å²) in [5.74, 6) is 0.363. The maximum absolute atomic E-state index is 13.7. The van der Waals surface area contributed by atoms with E-state index in [1.807, 2.05) is 12.1 Å². The van der Waals surface area contributed by atoms with Crippen LogP contribution in [0.1, 0.15) is 5.56 Å². The minimum Gasteiger partial charge on any atom is -0.455 e. The molecular formula is C19H13N5O3S2. The number of rotatable bonds is 6. The fraction of sp³-hybridized carbons (Fsp3) is 0. The monoisotopic (exact) mass is 423 g/mol. The van der Waals surface area contributed by atoms with E-state index in [0.717, 1.165) is 15.6 Å². The number of hydrogen-bond acceptors (Lipinski definition) is 7. The van der Waals surface area contributed by atoms with E-state index in [-0.39, 0.29) is 27.0 Å². The summed E-state index contributed by atoms with van der Waals surface area (Å²) in [6.07, 6.45) is 4.34. The van der Waals surface area contributed by atoms with Crippen LogP contribution in [0.25, 0.3) is 0 Å². The topological polar surface area (TPSA) is 112 Å². The van der Waals surface area contributed by atoms with Gasteiger partial charge in [-0.3, -0.25) is 5.10 Å². The summed E-state index contributed by atoms with van der Waals surface area (Å²) in [7, 11) is -4.19. The quantitative estimate of drug-likeness (QED) is 0.500. The van der Waals surface area contributed by atoms with E-state index < -0.39 is 10.0 Å². The van der Waals surface area contributed by atoms with Crippen molar-refractivity contribution in [3.8, 4) is 17.6 Å². The molecule has 144 valence electrons. The van der Waals surface area contributed by atoms with Crippen molar-refractivity contribution in [2.24, 2.45) is 0 Å². The molecule has 29 heavy (non-hydrogen) atoms. The summed E-state index contributed by atoms with van der Waals surface area (Å²) in [4.78, 5) is 3.98. The Morgan fingerprint density at radius 1 is 1.14 bits per heavy atom. The number of ether oxygens (including phenoxy) is 1. The molecule has 0 aliphatic heterocycles. The van der Waals surface area contributed by atoms with E-state index in [1.54, 1.807) is 29.6 Å². The smallest absolute Gasteiger partial charge is 0.274 e. The Morgan fingerprint density at radius 3 is 2.62 bits per heavy atom. The third-order valence-corrected chi connectivity index (χ3v) is 6.51. The SMILES string of the molecule is N#Cc1cccc(S(=O)(=O)N(c2cn[nH]c2)c2nccs2)c1Oc1ccccc1. The Labute approximate surface area is 170 Å².